The molecule has 12 rings (SSSR count). The van der Waals surface area contributed by atoms with E-state index in [4.69, 9.17) is 8.83 Å². The van der Waals surface area contributed by atoms with Crippen LogP contribution in [0.1, 0.15) is 0 Å². The number of aromatic nitrogens is 1. The fourth-order valence-corrected chi connectivity index (χ4v) is 8.92. The topological polar surface area (TPSA) is 34.5 Å². The highest BCUT2D eigenvalue weighted by Crippen LogP contribution is 2.48. The summed E-state index contributed by atoms with van der Waals surface area (Å²) in [6.07, 6.45) is 0. The van der Waals surface area contributed by atoms with Gasteiger partial charge in [-0.2, -0.15) is 0 Å². The van der Waals surface area contributed by atoms with Crippen LogP contribution in [0.25, 0.3) is 93.3 Å². The number of rotatable bonds is 5. The van der Waals surface area contributed by atoms with Crippen molar-refractivity contribution in [1.29, 1.82) is 0 Å². The lowest BCUT2D eigenvalue weighted by Crippen LogP contribution is -2.12. The maximum atomic E-state index is 6.77. The summed E-state index contributed by atoms with van der Waals surface area (Å²) in [5.74, 6) is 0. The van der Waals surface area contributed by atoms with Crippen molar-refractivity contribution in [2.75, 3.05) is 4.90 Å². The number of hydrogen-bond donors (Lipinski definition) is 0. The van der Waals surface area contributed by atoms with Gasteiger partial charge in [0.15, 0.2) is 5.58 Å². The highest BCUT2D eigenvalue weighted by Gasteiger charge is 2.24. The molecule has 0 atom stereocenters. The van der Waals surface area contributed by atoms with Gasteiger partial charge in [0.25, 0.3) is 0 Å². The zero-order valence-corrected chi connectivity index (χ0v) is 30.2. The molecule has 12 aromatic rings. The Morgan fingerprint density at radius 1 is 0.375 bits per heavy atom. The van der Waals surface area contributed by atoms with Gasteiger partial charge in [0.2, 0.25) is 0 Å². The van der Waals surface area contributed by atoms with E-state index in [9.17, 15) is 0 Å². The van der Waals surface area contributed by atoms with E-state index in [1.165, 1.54) is 27.2 Å². The first-order chi connectivity index (χ1) is 27.8. The van der Waals surface area contributed by atoms with Crippen molar-refractivity contribution in [2.24, 2.45) is 0 Å². The number of nitrogens with zero attached hydrogens (tertiary/aromatic N) is 2. The zero-order chi connectivity index (χ0) is 36.7. The zero-order valence-electron chi connectivity index (χ0n) is 30.2. The summed E-state index contributed by atoms with van der Waals surface area (Å²) in [6.45, 7) is 0. The molecule has 262 valence electrons. The summed E-state index contributed by atoms with van der Waals surface area (Å²) in [7, 11) is 0. The molecule has 0 saturated heterocycles. The molecule has 3 heterocycles. The number of para-hydroxylation sites is 5. The van der Waals surface area contributed by atoms with Crippen LogP contribution in [0.4, 0.5) is 17.1 Å². The van der Waals surface area contributed by atoms with Crippen LogP contribution >= 0.6 is 0 Å². The van der Waals surface area contributed by atoms with E-state index >= 15 is 0 Å². The summed E-state index contributed by atoms with van der Waals surface area (Å²) >= 11 is 0. The molecule has 0 radical (unpaired) electrons. The minimum atomic E-state index is 0.837. The second kappa shape index (κ2) is 12.0. The molecule has 3 aromatic heterocycles. The molecular weight excluding hydrogens is 685 g/mol. The van der Waals surface area contributed by atoms with E-state index in [1.807, 2.05) is 6.07 Å². The Balaban J connectivity index is 1.15. The van der Waals surface area contributed by atoms with Gasteiger partial charge < -0.3 is 18.3 Å². The Labute approximate surface area is 321 Å². The fraction of sp³-hybridized carbons (Fsp3) is 0. The van der Waals surface area contributed by atoms with E-state index < -0.39 is 0 Å². The molecule has 0 N–H and O–H groups in total. The van der Waals surface area contributed by atoms with Gasteiger partial charge in [-0.15, -0.1) is 0 Å². The maximum Gasteiger partial charge on any atom is 0.159 e. The number of fused-ring (bicyclic) bond motifs is 10. The van der Waals surface area contributed by atoms with Crippen molar-refractivity contribution < 1.29 is 8.83 Å². The molecule has 56 heavy (non-hydrogen) atoms. The smallest absolute Gasteiger partial charge is 0.159 e. The largest absolute Gasteiger partial charge is 0.456 e. The first kappa shape index (κ1) is 30.9. The summed E-state index contributed by atoms with van der Waals surface area (Å²) in [5.41, 5.74) is 12.1. The van der Waals surface area contributed by atoms with Crippen molar-refractivity contribution in [3.63, 3.8) is 0 Å². The predicted molar refractivity (Wildman–Crippen MR) is 233 cm³/mol. The Morgan fingerprint density at radius 2 is 0.982 bits per heavy atom. The molecule has 0 aliphatic heterocycles. The van der Waals surface area contributed by atoms with Crippen LogP contribution < -0.4 is 4.90 Å². The van der Waals surface area contributed by atoms with Gasteiger partial charge in [-0.3, -0.25) is 0 Å². The molecule has 4 nitrogen and oxygen atoms in total. The average Bonchev–Trinajstić information content (AvgIpc) is 3.93. The van der Waals surface area contributed by atoms with Gasteiger partial charge in [0.1, 0.15) is 16.7 Å². The first-order valence-corrected chi connectivity index (χ1v) is 19.0. The molecule has 0 amide bonds. The summed E-state index contributed by atoms with van der Waals surface area (Å²) in [4.78, 5) is 2.37. The SMILES string of the molecule is c1cc(N(c2ccccc2-c2cccc3oc4cc5ccccc5cc4c23)c2cccc3c2oc2ccccc23)cc(-n2c3ccccc3c3ccccc32)c1. The van der Waals surface area contributed by atoms with Gasteiger partial charge >= 0.3 is 0 Å². The number of anilines is 3. The number of hydrogen-bond acceptors (Lipinski definition) is 3. The van der Waals surface area contributed by atoms with Crippen LogP contribution in [-0.2, 0) is 0 Å². The van der Waals surface area contributed by atoms with Crippen LogP contribution in [0.5, 0.6) is 0 Å². The van der Waals surface area contributed by atoms with Crippen LogP contribution in [-0.4, -0.2) is 4.57 Å². The standard InChI is InChI=1S/C52H32N2O2/c1-2-15-34-31-50-43(30-33(34)14-1)51-41(22-13-29-49(51)55-50)39-20-5-9-26-46(39)54(47-27-12-23-42-40-21-6-10-28-48(40)56-52(42)47)36-17-11-16-35(32-36)53-44-24-7-3-18-37(44)38-19-4-8-25-45(38)53/h1-32H. The fourth-order valence-electron chi connectivity index (χ4n) is 8.92. The molecule has 0 unspecified atom stereocenters. The Bertz CT molecular complexity index is 3460. The maximum absolute atomic E-state index is 6.77. The van der Waals surface area contributed by atoms with E-state index in [1.54, 1.807) is 0 Å². The molecule has 0 fully saturated rings. The molecule has 0 spiro atoms. The second-order valence-corrected chi connectivity index (χ2v) is 14.5. The molecule has 0 aliphatic rings. The van der Waals surface area contributed by atoms with Gasteiger partial charge in [-0.25, -0.2) is 0 Å². The average molecular weight is 717 g/mol. The monoisotopic (exact) mass is 716 g/mol. The van der Waals surface area contributed by atoms with Gasteiger partial charge in [0.05, 0.1) is 22.4 Å². The second-order valence-electron chi connectivity index (χ2n) is 14.5. The highest BCUT2D eigenvalue weighted by molar-refractivity contribution is 6.17. The number of furan rings is 2. The third-order valence-corrected chi connectivity index (χ3v) is 11.3. The van der Waals surface area contributed by atoms with Crippen molar-refractivity contribution >= 4 is 93.5 Å². The van der Waals surface area contributed by atoms with Gasteiger partial charge in [-0.05, 0) is 83.1 Å². The van der Waals surface area contributed by atoms with Crippen LogP contribution in [0.3, 0.4) is 0 Å². The molecule has 9 aromatic carbocycles. The molecule has 0 aliphatic carbocycles. The summed E-state index contributed by atoms with van der Waals surface area (Å²) < 4.78 is 15.7. The van der Waals surface area contributed by atoms with Crippen LogP contribution in [0.15, 0.2) is 203 Å². The quantitative estimate of drug-likeness (QED) is 0.178. The third-order valence-electron chi connectivity index (χ3n) is 11.3. The highest BCUT2D eigenvalue weighted by atomic mass is 16.3. The Kier molecular flexibility index (Phi) is 6.60. The van der Waals surface area contributed by atoms with Crippen molar-refractivity contribution in [3.8, 4) is 16.8 Å². The van der Waals surface area contributed by atoms with E-state index in [-0.39, 0.29) is 0 Å². The van der Waals surface area contributed by atoms with E-state index in [0.29, 0.717) is 0 Å². The normalized spacial score (nSPS) is 11.9. The molecular formula is C52H32N2O2. The Morgan fingerprint density at radius 3 is 1.82 bits per heavy atom. The molecule has 4 heteroatoms. The van der Waals surface area contributed by atoms with Crippen LogP contribution in [0, 0.1) is 0 Å². The molecule has 0 saturated carbocycles. The van der Waals surface area contributed by atoms with Gasteiger partial charge in [-0.1, -0.05) is 127 Å². The molecule has 0 bridgehead atoms. The van der Waals surface area contributed by atoms with Crippen LogP contribution in [0.2, 0.25) is 0 Å². The van der Waals surface area contributed by atoms with E-state index in [2.05, 4.69) is 198 Å². The lowest BCUT2D eigenvalue weighted by molar-refractivity contribution is 0.669. The summed E-state index contributed by atoms with van der Waals surface area (Å²) in [5, 5.41) is 9.18. The Hall–Kier alpha value is -7.56. The van der Waals surface area contributed by atoms with Crippen molar-refractivity contribution in [1.82, 2.24) is 4.57 Å². The number of benzene rings is 9. The van der Waals surface area contributed by atoms with E-state index in [0.717, 1.165) is 83.1 Å². The lowest BCUT2D eigenvalue weighted by Gasteiger charge is -2.28. The van der Waals surface area contributed by atoms with Crippen molar-refractivity contribution in [2.45, 2.75) is 0 Å². The predicted octanol–water partition coefficient (Wildman–Crippen LogP) is 14.9. The lowest BCUT2D eigenvalue weighted by atomic mass is 9.96. The first-order valence-electron chi connectivity index (χ1n) is 19.0. The minimum Gasteiger partial charge on any atom is -0.456 e. The third kappa shape index (κ3) is 4.53. The van der Waals surface area contributed by atoms with Crippen molar-refractivity contribution in [3.05, 3.63) is 194 Å². The van der Waals surface area contributed by atoms with Gasteiger partial charge in [0, 0.05) is 49.3 Å². The minimum absolute atomic E-state index is 0.837. The summed E-state index contributed by atoms with van der Waals surface area (Å²) in [6, 6.07) is 69.0.